The molecule has 3 heterocycles. The number of rotatable bonds is 9. The van der Waals surface area contributed by atoms with E-state index in [9.17, 15) is 9.59 Å². The molecular formula is C33H34BrN3O6. The molecule has 1 saturated heterocycles. The van der Waals surface area contributed by atoms with Gasteiger partial charge in [-0.3, -0.25) is 9.59 Å². The van der Waals surface area contributed by atoms with Crippen LogP contribution in [-0.2, 0) is 32.0 Å². The number of hydrogen-bond acceptors (Lipinski definition) is 7. The summed E-state index contributed by atoms with van der Waals surface area (Å²) in [5.74, 6) is 0.695. The van der Waals surface area contributed by atoms with E-state index in [4.69, 9.17) is 24.3 Å². The summed E-state index contributed by atoms with van der Waals surface area (Å²) in [5, 5.41) is 9.05. The summed E-state index contributed by atoms with van der Waals surface area (Å²) in [5.41, 5.74) is 2.15. The van der Waals surface area contributed by atoms with E-state index in [2.05, 4.69) is 15.9 Å². The molecule has 3 aromatic rings. The highest BCUT2D eigenvalue weighted by atomic mass is 79.9. The normalized spacial score (nSPS) is 21.4. The molecule has 0 bridgehead atoms. The molecule has 2 amide bonds. The van der Waals surface area contributed by atoms with Crippen molar-refractivity contribution in [1.29, 1.82) is 0 Å². The van der Waals surface area contributed by atoms with Crippen LogP contribution in [-0.4, -0.2) is 84.2 Å². The molecule has 0 saturated carbocycles. The van der Waals surface area contributed by atoms with Gasteiger partial charge in [-0.2, -0.15) is 0 Å². The highest BCUT2D eigenvalue weighted by molar-refractivity contribution is 9.10. The number of ether oxygens (including phenoxy) is 3. The van der Waals surface area contributed by atoms with Gasteiger partial charge in [0.1, 0.15) is 12.3 Å². The minimum absolute atomic E-state index is 0.0489. The summed E-state index contributed by atoms with van der Waals surface area (Å²) in [4.78, 5) is 36.7. The van der Waals surface area contributed by atoms with E-state index in [0.717, 1.165) is 26.7 Å². The molecule has 0 aliphatic carbocycles. The number of morpholine rings is 1. The van der Waals surface area contributed by atoms with Crippen LogP contribution in [0.25, 0.3) is 0 Å². The van der Waals surface area contributed by atoms with E-state index in [-0.39, 0.29) is 31.5 Å². The van der Waals surface area contributed by atoms with Crippen molar-refractivity contribution >= 4 is 33.6 Å². The van der Waals surface area contributed by atoms with Gasteiger partial charge < -0.3 is 29.1 Å². The lowest BCUT2D eigenvalue weighted by Gasteiger charge is -2.34. The molecular weight excluding hydrogens is 614 g/mol. The topological polar surface area (TPSA) is 101 Å². The lowest BCUT2D eigenvalue weighted by molar-refractivity contribution is -0.147. The molecule has 0 spiro atoms. The molecule has 9 nitrogen and oxygen atoms in total. The summed E-state index contributed by atoms with van der Waals surface area (Å²) >= 11 is 3.51. The van der Waals surface area contributed by atoms with Gasteiger partial charge in [0.25, 0.3) is 5.91 Å². The molecule has 43 heavy (non-hydrogen) atoms. The lowest BCUT2D eigenvalue weighted by Crippen LogP contribution is -2.53. The Morgan fingerprint density at radius 1 is 1.05 bits per heavy atom. The van der Waals surface area contributed by atoms with Gasteiger partial charge in [0, 0.05) is 54.7 Å². The van der Waals surface area contributed by atoms with Gasteiger partial charge in [-0.1, -0.05) is 52.3 Å². The van der Waals surface area contributed by atoms with Crippen LogP contribution in [0.2, 0.25) is 0 Å². The summed E-state index contributed by atoms with van der Waals surface area (Å²) in [7, 11) is 0. The Hall–Kier alpha value is -3.73. The Morgan fingerprint density at radius 2 is 1.79 bits per heavy atom. The average Bonchev–Trinajstić information content (AvgIpc) is 3.39. The van der Waals surface area contributed by atoms with Gasteiger partial charge in [-0.15, -0.1) is 0 Å². The molecule has 1 fully saturated rings. The fourth-order valence-corrected chi connectivity index (χ4v) is 6.11. The molecule has 0 unspecified atom stereocenters. The van der Waals surface area contributed by atoms with Crippen LogP contribution in [0.15, 0.2) is 82.3 Å². The number of nitrogens with zero attached hydrogens (tertiary/aromatic N) is 3. The number of carbonyl (C=O) groups excluding carboxylic acids is 2. The van der Waals surface area contributed by atoms with Gasteiger partial charge >= 0.3 is 0 Å². The van der Waals surface area contributed by atoms with Gasteiger partial charge in [0.15, 0.2) is 11.6 Å². The highest BCUT2D eigenvalue weighted by Gasteiger charge is 2.57. The number of carbonyl (C=O) groups is 2. The maximum absolute atomic E-state index is 14.8. The molecule has 0 radical (unpaired) electrons. The van der Waals surface area contributed by atoms with E-state index in [1.165, 1.54) is 0 Å². The van der Waals surface area contributed by atoms with Gasteiger partial charge in [-0.05, 0) is 47.5 Å². The first-order valence-electron chi connectivity index (χ1n) is 14.5. The van der Waals surface area contributed by atoms with Crippen LogP contribution in [0.4, 0.5) is 0 Å². The molecule has 2 atom stereocenters. The second-order valence-electron chi connectivity index (χ2n) is 10.9. The Labute approximate surface area is 259 Å². The van der Waals surface area contributed by atoms with Gasteiger partial charge in [0.05, 0.1) is 19.8 Å². The lowest BCUT2D eigenvalue weighted by atomic mass is 9.81. The van der Waals surface area contributed by atoms with Crippen molar-refractivity contribution in [2.45, 2.75) is 31.0 Å². The van der Waals surface area contributed by atoms with E-state index in [1.807, 2.05) is 72.8 Å². The van der Waals surface area contributed by atoms with Crippen molar-refractivity contribution in [1.82, 2.24) is 9.80 Å². The van der Waals surface area contributed by atoms with Crippen molar-refractivity contribution in [3.63, 3.8) is 0 Å². The van der Waals surface area contributed by atoms with Crippen LogP contribution in [0, 0.1) is 0 Å². The number of aliphatic hydroxyl groups is 1. The minimum atomic E-state index is -1.32. The third-order valence-electron chi connectivity index (χ3n) is 8.07. The van der Waals surface area contributed by atoms with Crippen LogP contribution in [0.3, 0.4) is 0 Å². The highest BCUT2D eigenvalue weighted by Crippen LogP contribution is 2.46. The van der Waals surface area contributed by atoms with Gasteiger partial charge in [-0.25, -0.2) is 4.99 Å². The number of halogens is 1. The largest absolute Gasteiger partial charge is 0.494 e. The number of aliphatic hydroxyl groups excluding tert-OH is 1. The average molecular weight is 649 g/mol. The molecule has 3 aromatic carbocycles. The molecule has 3 aliphatic heterocycles. The second kappa shape index (κ2) is 12.9. The minimum Gasteiger partial charge on any atom is -0.494 e. The quantitative estimate of drug-likeness (QED) is 0.354. The van der Waals surface area contributed by atoms with Crippen molar-refractivity contribution in [2.75, 3.05) is 46.1 Å². The van der Waals surface area contributed by atoms with Crippen molar-refractivity contribution in [3.05, 3.63) is 99.5 Å². The maximum atomic E-state index is 14.8. The number of hydrogen-bond donors (Lipinski definition) is 1. The zero-order valence-corrected chi connectivity index (χ0v) is 25.4. The molecule has 3 aliphatic rings. The molecule has 10 heteroatoms. The van der Waals surface area contributed by atoms with Crippen molar-refractivity contribution in [2.24, 2.45) is 4.99 Å². The van der Waals surface area contributed by atoms with Crippen molar-refractivity contribution in [3.8, 4) is 5.75 Å². The van der Waals surface area contributed by atoms with Crippen LogP contribution in [0.1, 0.15) is 34.8 Å². The third kappa shape index (κ3) is 6.18. The number of aliphatic imine (C=N–C) groups is 1. The Morgan fingerprint density at radius 3 is 2.53 bits per heavy atom. The standard InChI is InChI=1S/C33H34BrN3O6/c34-26-10-6-23(7-11-26)20-33-30(43-31(35-33)24-8-12-27(13-9-24)42-17-3-16-38)28-5-2-1-4-25(28)21-37(32(33)40)22-29(39)36-14-18-41-19-15-36/h1-2,4-13,30,38H,3,14-22H2/t30-,33-/m0/s1. The summed E-state index contributed by atoms with van der Waals surface area (Å²) in [6.07, 6.45) is 0.162. The zero-order chi connectivity index (χ0) is 29.8. The second-order valence-corrected chi connectivity index (χ2v) is 11.9. The Kier molecular flexibility index (Phi) is 8.78. The van der Waals surface area contributed by atoms with E-state index in [1.54, 1.807) is 9.80 Å². The number of benzene rings is 3. The predicted molar refractivity (Wildman–Crippen MR) is 164 cm³/mol. The predicted octanol–water partition coefficient (Wildman–Crippen LogP) is 3.91. The third-order valence-corrected chi connectivity index (χ3v) is 8.60. The summed E-state index contributed by atoms with van der Waals surface area (Å²) in [6.45, 7) is 2.72. The summed E-state index contributed by atoms with van der Waals surface area (Å²) in [6, 6.07) is 23.1. The van der Waals surface area contributed by atoms with Crippen LogP contribution < -0.4 is 4.74 Å². The van der Waals surface area contributed by atoms with E-state index >= 15 is 0 Å². The fraction of sp³-hybridized carbons (Fsp3) is 0.364. The smallest absolute Gasteiger partial charge is 0.256 e. The molecule has 224 valence electrons. The first kappa shape index (κ1) is 29.3. The van der Waals surface area contributed by atoms with Crippen LogP contribution >= 0.6 is 15.9 Å². The van der Waals surface area contributed by atoms with Crippen molar-refractivity contribution < 1.29 is 28.9 Å². The molecule has 0 aromatic heterocycles. The Bertz CT molecular complexity index is 1490. The molecule has 1 N–H and O–H groups in total. The summed E-state index contributed by atoms with van der Waals surface area (Å²) < 4.78 is 18.7. The number of fused-ring (bicyclic) bond motifs is 3. The maximum Gasteiger partial charge on any atom is 0.256 e. The van der Waals surface area contributed by atoms with E-state index < -0.39 is 11.6 Å². The van der Waals surface area contributed by atoms with Gasteiger partial charge in [0.2, 0.25) is 11.8 Å². The van der Waals surface area contributed by atoms with E-state index in [0.29, 0.717) is 57.4 Å². The fourth-order valence-electron chi connectivity index (χ4n) is 5.85. The zero-order valence-electron chi connectivity index (χ0n) is 23.8. The monoisotopic (exact) mass is 647 g/mol. The first-order valence-corrected chi connectivity index (χ1v) is 15.3. The van der Waals surface area contributed by atoms with Crippen LogP contribution in [0.5, 0.6) is 5.75 Å². The molecule has 6 rings (SSSR count). The number of amides is 2. The first-order chi connectivity index (χ1) is 21.0. The Balaban J connectivity index is 1.40. The SMILES string of the molecule is O=C(CN1Cc2ccccc2[C@@H]2OC(c3ccc(OCCCO)cc3)=N[C@]2(Cc2ccc(Br)cc2)C1=O)N1CCOCC1.